The fraction of sp³-hybridized carbons (Fsp3) is 0.333. The summed E-state index contributed by atoms with van der Waals surface area (Å²) in [5, 5.41) is 0. The van der Waals surface area contributed by atoms with Crippen LogP contribution in [0, 0.1) is 0 Å². The third-order valence-electron chi connectivity index (χ3n) is 3.75. The maximum Gasteiger partial charge on any atom is 0.306 e. The van der Waals surface area contributed by atoms with Gasteiger partial charge in [-0.2, -0.15) is 12.7 Å². The number of nitrogens with zero attached hydrogens (tertiary/aromatic N) is 1. The van der Waals surface area contributed by atoms with Gasteiger partial charge in [0, 0.05) is 20.2 Å². The molecule has 2 aromatic carbocycles. The lowest BCUT2D eigenvalue weighted by Gasteiger charge is -2.22. The topological polar surface area (TPSA) is 99.2 Å². The molecular formula is C18H23NO7S2. The van der Waals surface area contributed by atoms with E-state index in [4.69, 9.17) is 13.7 Å². The first kappa shape index (κ1) is 22.2. The molecule has 0 bridgehead atoms. The Kier molecular flexibility index (Phi) is 7.41. The van der Waals surface area contributed by atoms with E-state index in [0.29, 0.717) is 5.56 Å². The van der Waals surface area contributed by atoms with E-state index in [2.05, 4.69) is 0 Å². The molecule has 28 heavy (non-hydrogen) atoms. The van der Waals surface area contributed by atoms with Crippen molar-refractivity contribution in [3.8, 4) is 11.5 Å². The molecule has 2 rings (SSSR count). The van der Waals surface area contributed by atoms with Crippen LogP contribution < -0.4 is 8.92 Å². The molecule has 0 aliphatic heterocycles. The predicted octanol–water partition coefficient (Wildman–Crippen LogP) is 1.87. The lowest BCUT2D eigenvalue weighted by atomic mass is 10.2. The van der Waals surface area contributed by atoms with Crippen molar-refractivity contribution in [3.05, 3.63) is 54.1 Å². The lowest BCUT2D eigenvalue weighted by Crippen LogP contribution is -2.33. The average molecular weight is 430 g/mol. The van der Waals surface area contributed by atoms with Gasteiger partial charge < -0.3 is 13.7 Å². The van der Waals surface area contributed by atoms with E-state index in [9.17, 15) is 16.8 Å². The van der Waals surface area contributed by atoms with Crippen LogP contribution in [0.5, 0.6) is 11.5 Å². The minimum Gasteiger partial charge on any atom is -0.493 e. The van der Waals surface area contributed by atoms with Gasteiger partial charge in [0.1, 0.15) is 0 Å². The zero-order valence-corrected chi connectivity index (χ0v) is 17.5. The minimum absolute atomic E-state index is 0.00467. The Labute approximate surface area is 165 Å². The second-order valence-corrected chi connectivity index (χ2v) is 9.43. The first-order chi connectivity index (χ1) is 13.2. The highest BCUT2D eigenvalue weighted by Gasteiger charge is 2.25. The van der Waals surface area contributed by atoms with E-state index in [-0.39, 0.29) is 36.1 Å². The van der Waals surface area contributed by atoms with Crippen molar-refractivity contribution in [1.29, 1.82) is 0 Å². The smallest absolute Gasteiger partial charge is 0.306 e. The molecule has 0 spiro atoms. The molecule has 0 fully saturated rings. The van der Waals surface area contributed by atoms with Crippen LogP contribution in [-0.4, -0.2) is 54.8 Å². The summed E-state index contributed by atoms with van der Waals surface area (Å²) in [4.78, 5) is 0.159. The van der Waals surface area contributed by atoms with Crippen LogP contribution in [0.4, 0.5) is 0 Å². The zero-order chi connectivity index (χ0) is 20.8. The predicted molar refractivity (Wildman–Crippen MR) is 104 cm³/mol. The van der Waals surface area contributed by atoms with Gasteiger partial charge in [-0.05, 0) is 29.8 Å². The monoisotopic (exact) mass is 429 g/mol. The quantitative estimate of drug-likeness (QED) is 0.532. The largest absolute Gasteiger partial charge is 0.493 e. The SMILES string of the molecule is COCCN(Cc1ccc(OC)c(OS(C)(=O)=O)c1)S(=O)(=O)c1ccccc1. The standard InChI is InChI=1S/C18H23NO7S2/c1-24-12-11-19(28(22,23)16-7-5-4-6-8-16)14-15-9-10-17(25-2)18(13-15)26-27(3,20)21/h4-10,13H,11-12,14H2,1-3H3. The van der Waals surface area contributed by atoms with Gasteiger partial charge in [0.2, 0.25) is 10.0 Å². The Morgan fingerprint density at radius 2 is 1.61 bits per heavy atom. The van der Waals surface area contributed by atoms with Crippen molar-refractivity contribution < 1.29 is 30.5 Å². The van der Waals surface area contributed by atoms with Crippen molar-refractivity contribution in [2.45, 2.75) is 11.4 Å². The van der Waals surface area contributed by atoms with E-state index < -0.39 is 20.1 Å². The zero-order valence-electron chi connectivity index (χ0n) is 15.9. The fourth-order valence-corrected chi connectivity index (χ4v) is 4.36. The summed E-state index contributed by atoms with van der Waals surface area (Å²) in [5.41, 5.74) is 0.537. The summed E-state index contributed by atoms with van der Waals surface area (Å²) in [6.45, 7) is 0.335. The van der Waals surface area contributed by atoms with Gasteiger partial charge in [-0.15, -0.1) is 0 Å². The van der Waals surface area contributed by atoms with E-state index >= 15 is 0 Å². The van der Waals surface area contributed by atoms with E-state index in [1.54, 1.807) is 24.3 Å². The van der Waals surface area contributed by atoms with Gasteiger partial charge >= 0.3 is 10.1 Å². The van der Waals surface area contributed by atoms with E-state index in [0.717, 1.165) is 6.26 Å². The molecule has 2 aromatic rings. The minimum atomic E-state index is -3.77. The number of methoxy groups -OCH3 is 2. The van der Waals surface area contributed by atoms with Crippen molar-refractivity contribution in [2.75, 3.05) is 33.6 Å². The number of rotatable bonds is 10. The molecule has 0 saturated carbocycles. The summed E-state index contributed by atoms with van der Waals surface area (Å²) < 4.78 is 65.3. The molecule has 0 saturated heterocycles. The molecule has 0 N–H and O–H groups in total. The Morgan fingerprint density at radius 1 is 0.929 bits per heavy atom. The number of hydrogen-bond acceptors (Lipinski definition) is 7. The number of hydrogen-bond donors (Lipinski definition) is 0. The summed E-state index contributed by atoms with van der Waals surface area (Å²) >= 11 is 0. The maximum atomic E-state index is 13.0. The average Bonchev–Trinajstić information content (AvgIpc) is 2.64. The molecule has 0 unspecified atom stereocenters. The maximum absolute atomic E-state index is 13.0. The highest BCUT2D eigenvalue weighted by molar-refractivity contribution is 7.89. The molecule has 154 valence electrons. The van der Waals surface area contributed by atoms with Crippen LogP contribution in [0.15, 0.2) is 53.4 Å². The molecule has 0 aliphatic rings. The van der Waals surface area contributed by atoms with Crippen LogP contribution >= 0.6 is 0 Å². The van der Waals surface area contributed by atoms with Crippen molar-refractivity contribution in [1.82, 2.24) is 4.31 Å². The Hall–Kier alpha value is -2.14. The van der Waals surface area contributed by atoms with E-state index in [1.165, 1.54) is 42.8 Å². The first-order valence-electron chi connectivity index (χ1n) is 8.28. The number of ether oxygens (including phenoxy) is 2. The second-order valence-electron chi connectivity index (χ2n) is 5.92. The van der Waals surface area contributed by atoms with Crippen LogP contribution in [0.25, 0.3) is 0 Å². The van der Waals surface area contributed by atoms with Crippen molar-refractivity contribution >= 4 is 20.1 Å². The Balaban J connectivity index is 2.38. The van der Waals surface area contributed by atoms with Crippen molar-refractivity contribution in [3.63, 3.8) is 0 Å². The third-order valence-corrected chi connectivity index (χ3v) is 6.10. The molecule has 8 nitrogen and oxygen atoms in total. The lowest BCUT2D eigenvalue weighted by molar-refractivity contribution is 0.177. The molecule has 0 atom stereocenters. The molecule has 0 aliphatic carbocycles. The molecular weight excluding hydrogens is 406 g/mol. The summed E-state index contributed by atoms with van der Waals surface area (Å²) in [6.07, 6.45) is 0.921. The molecule has 0 radical (unpaired) electrons. The highest BCUT2D eigenvalue weighted by Crippen LogP contribution is 2.30. The van der Waals surface area contributed by atoms with Gasteiger partial charge in [-0.3, -0.25) is 0 Å². The highest BCUT2D eigenvalue weighted by atomic mass is 32.2. The molecule has 0 amide bonds. The van der Waals surface area contributed by atoms with Gasteiger partial charge in [0.05, 0.1) is 24.9 Å². The van der Waals surface area contributed by atoms with Crippen LogP contribution in [0.3, 0.4) is 0 Å². The van der Waals surface area contributed by atoms with Gasteiger partial charge in [-0.25, -0.2) is 8.42 Å². The van der Waals surface area contributed by atoms with E-state index in [1.807, 2.05) is 0 Å². The summed E-state index contributed by atoms with van der Waals surface area (Å²) in [6, 6.07) is 12.7. The van der Waals surface area contributed by atoms with Gasteiger partial charge in [0.25, 0.3) is 0 Å². The third kappa shape index (κ3) is 5.93. The van der Waals surface area contributed by atoms with Gasteiger partial charge in [0.15, 0.2) is 11.5 Å². The van der Waals surface area contributed by atoms with Gasteiger partial charge in [-0.1, -0.05) is 24.3 Å². The normalized spacial score (nSPS) is 12.1. The Bertz CT molecular complexity index is 990. The van der Waals surface area contributed by atoms with Crippen LogP contribution in [0.1, 0.15) is 5.56 Å². The molecule has 10 heteroatoms. The second kappa shape index (κ2) is 9.37. The summed E-state index contributed by atoms with van der Waals surface area (Å²) in [5.74, 6) is 0.217. The molecule has 0 aromatic heterocycles. The number of sulfonamides is 1. The van der Waals surface area contributed by atoms with Crippen LogP contribution in [0.2, 0.25) is 0 Å². The number of benzene rings is 2. The van der Waals surface area contributed by atoms with Crippen LogP contribution in [-0.2, 0) is 31.4 Å². The first-order valence-corrected chi connectivity index (χ1v) is 11.5. The Morgan fingerprint density at radius 3 is 2.18 bits per heavy atom. The van der Waals surface area contributed by atoms with Crippen molar-refractivity contribution in [2.24, 2.45) is 0 Å². The summed E-state index contributed by atoms with van der Waals surface area (Å²) in [7, 11) is -4.68. The fourth-order valence-electron chi connectivity index (χ4n) is 2.47. The molecule has 0 heterocycles.